The van der Waals surface area contributed by atoms with Crippen LogP contribution in [0, 0.1) is 0 Å². The van der Waals surface area contributed by atoms with Crippen LogP contribution in [-0.4, -0.2) is 25.2 Å². The fourth-order valence-corrected chi connectivity index (χ4v) is 1.86. The van der Waals surface area contributed by atoms with Gasteiger partial charge in [-0.2, -0.15) is 0 Å². The molecule has 1 heterocycles. The van der Waals surface area contributed by atoms with Crippen LogP contribution in [0.3, 0.4) is 0 Å². The average Bonchev–Trinajstić information content (AvgIpc) is 2.38. The predicted octanol–water partition coefficient (Wildman–Crippen LogP) is 0.785. The molecule has 90 valence electrons. The second-order valence-electron chi connectivity index (χ2n) is 4.06. The highest BCUT2D eigenvalue weighted by Crippen LogP contribution is 2.20. The summed E-state index contributed by atoms with van der Waals surface area (Å²) in [5.41, 5.74) is 8.03. The van der Waals surface area contributed by atoms with E-state index < -0.39 is 0 Å². The van der Waals surface area contributed by atoms with Gasteiger partial charge in [-0.15, -0.1) is 0 Å². The Bertz CT molecular complexity index is 433. The summed E-state index contributed by atoms with van der Waals surface area (Å²) in [6, 6.07) is -0.114. The highest BCUT2D eigenvalue weighted by Gasteiger charge is 2.19. The molecule has 17 heavy (non-hydrogen) atoms. The van der Waals surface area contributed by atoms with Gasteiger partial charge in [0.25, 0.3) is 0 Å². The monoisotopic (exact) mass is 232 g/mol. The molecule has 2 rings (SSSR count). The average molecular weight is 232 g/mol. The topological polar surface area (TPSA) is 64.3 Å². The number of dihydropyridines is 1. The largest absolute Gasteiger partial charge is 0.469 e. The van der Waals surface area contributed by atoms with Crippen LogP contribution >= 0.6 is 0 Å². The van der Waals surface area contributed by atoms with E-state index in [0.717, 1.165) is 11.1 Å². The molecule has 2 aliphatic rings. The van der Waals surface area contributed by atoms with Crippen LogP contribution < -0.4 is 11.1 Å². The number of rotatable bonds is 3. The first-order chi connectivity index (χ1) is 8.20. The molecule has 0 saturated carbocycles. The van der Waals surface area contributed by atoms with E-state index in [1.54, 1.807) is 0 Å². The maximum atomic E-state index is 11.2. The minimum atomic E-state index is -0.331. The number of nitrogens with two attached hydrogens (primary N) is 1. The standard InChI is InChI=1S/C13H16N2O2/c1-17-13(16)7-11(14)10-6-9-4-2-3-5-12(9)15-8-10/h2-6,8,11-12,15H,7,14H2,1H3. The minimum absolute atomic E-state index is 0.192. The Labute approximate surface area is 101 Å². The first kappa shape index (κ1) is 11.7. The van der Waals surface area contributed by atoms with Gasteiger partial charge in [-0.3, -0.25) is 4.79 Å². The lowest BCUT2D eigenvalue weighted by molar-refractivity contribution is -0.140. The predicted molar refractivity (Wildman–Crippen MR) is 66.0 cm³/mol. The highest BCUT2D eigenvalue weighted by atomic mass is 16.5. The van der Waals surface area contributed by atoms with Crippen LogP contribution in [0.25, 0.3) is 0 Å². The number of carbonyl (C=O) groups is 1. The summed E-state index contributed by atoms with van der Waals surface area (Å²) in [5, 5.41) is 3.24. The smallest absolute Gasteiger partial charge is 0.307 e. The quantitative estimate of drug-likeness (QED) is 0.706. The zero-order chi connectivity index (χ0) is 12.3. The van der Waals surface area contributed by atoms with Gasteiger partial charge >= 0.3 is 5.97 Å². The Kier molecular flexibility index (Phi) is 3.44. The van der Waals surface area contributed by atoms with Gasteiger partial charge < -0.3 is 15.8 Å². The molecule has 0 aromatic rings. The van der Waals surface area contributed by atoms with E-state index >= 15 is 0 Å². The lowest BCUT2D eigenvalue weighted by atomic mass is 9.93. The van der Waals surface area contributed by atoms with Gasteiger partial charge in [0.05, 0.1) is 19.6 Å². The van der Waals surface area contributed by atoms with Crippen molar-refractivity contribution in [2.24, 2.45) is 5.73 Å². The van der Waals surface area contributed by atoms with Crippen molar-refractivity contribution in [3.8, 4) is 0 Å². The summed E-state index contributed by atoms with van der Waals surface area (Å²) in [6.07, 6.45) is 12.2. The zero-order valence-corrected chi connectivity index (χ0v) is 9.72. The molecule has 0 radical (unpaired) electrons. The molecule has 2 unspecified atom stereocenters. The van der Waals surface area contributed by atoms with Gasteiger partial charge in [0.2, 0.25) is 0 Å². The van der Waals surface area contributed by atoms with Gasteiger partial charge in [-0.05, 0) is 11.1 Å². The summed E-state index contributed by atoms with van der Waals surface area (Å²) in [7, 11) is 1.37. The van der Waals surface area contributed by atoms with Gasteiger partial charge in [-0.25, -0.2) is 0 Å². The van der Waals surface area contributed by atoms with E-state index in [4.69, 9.17) is 5.73 Å². The van der Waals surface area contributed by atoms with Crippen molar-refractivity contribution >= 4 is 5.97 Å². The molecule has 3 N–H and O–H groups in total. The van der Waals surface area contributed by atoms with Crippen molar-refractivity contribution in [2.75, 3.05) is 7.11 Å². The Morgan fingerprint density at radius 1 is 1.59 bits per heavy atom. The third-order valence-corrected chi connectivity index (χ3v) is 2.87. The summed E-state index contributed by atoms with van der Waals surface area (Å²) in [5.74, 6) is -0.294. The van der Waals surface area contributed by atoms with Crippen LogP contribution in [0.5, 0.6) is 0 Å². The Morgan fingerprint density at radius 2 is 2.41 bits per heavy atom. The SMILES string of the molecule is COC(=O)CC(N)C1=CNC2C=CC=CC2=C1. The molecule has 0 aromatic heterocycles. The van der Waals surface area contributed by atoms with Crippen LogP contribution in [0.15, 0.2) is 47.7 Å². The molecule has 0 saturated heterocycles. The second kappa shape index (κ2) is 5.01. The highest BCUT2D eigenvalue weighted by molar-refractivity contribution is 5.70. The fraction of sp³-hybridized carbons (Fsp3) is 0.308. The van der Waals surface area contributed by atoms with E-state index in [2.05, 4.69) is 16.1 Å². The summed E-state index contributed by atoms with van der Waals surface area (Å²) >= 11 is 0. The van der Waals surface area contributed by atoms with Crippen LogP contribution in [0.1, 0.15) is 6.42 Å². The molecule has 0 amide bonds. The molecular formula is C13H16N2O2. The number of nitrogens with one attached hydrogen (secondary N) is 1. The Balaban J connectivity index is 2.06. The summed E-state index contributed by atoms with van der Waals surface area (Å²) < 4.78 is 4.61. The van der Waals surface area contributed by atoms with Crippen molar-refractivity contribution in [3.63, 3.8) is 0 Å². The number of hydrogen-bond donors (Lipinski definition) is 2. The number of methoxy groups -OCH3 is 1. The third kappa shape index (κ3) is 2.65. The number of hydrogen-bond acceptors (Lipinski definition) is 4. The molecule has 1 aliphatic carbocycles. The van der Waals surface area contributed by atoms with Crippen LogP contribution in [0.2, 0.25) is 0 Å². The maximum Gasteiger partial charge on any atom is 0.307 e. The van der Waals surface area contributed by atoms with Crippen LogP contribution in [0.4, 0.5) is 0 Å². The molecule has 4 nitrogen and oxygen atoms in total. The lowest BCUT2D eigenvalue weighted by Gasteiger charge is -2.25. The molecule has 0 bridgehead atoms. The van der Waals surface area contributed by atoms with Gasteiger partial charge in [-0.1, -0.05) is 30.4 Å². The maximum absolute atomic E-state index is 11.2. The Hall–Kier alpha value is -1.81. The number of allylic oxidation sites excluding steroid dienone is 2. The third-order valence-electron chi connectivity index (χ3n) is 2.87. The van der Waals surface area contributed by atoms with E-state index in [1.807, 2.05) is 30.5 Å². The fourth-order valence-electron chi connectivity index (χ4n) is 1.86. The molecule has 2 atom stereocenters. The Morgan fingerprint density at radius 3 is 3.18 bits per heavy atom. The van der Waals surface area contributed by atoms with Gasteiger partial charge in [0, 0.05) is 12.2 Å². The second-order valence-corrected chi connectivity index (χ2v) is 4.06. The lowest BCUT2D eigenvalue weighted by Crippen LogP contribution is -2.33. The first-order valence-electron chi connectivity index (χ1n) is 5.55. The van der Waals surface area contributed by atoms with Gasteiger partial charge in [0.15, 0.2) is 0 Å². The molecular weight excluding hydrogens is 216 g/mol. The molecule has 1 aliphatic heterocycles. The minimum Gasteiger partial charge on any atom is -0.469 e. The normalized spacial score (nSPS) is 23.1. The zero-order valence-electron chi connectivity index (χ0n) is 9.72. The van der Waals surface area contributed by atoms with E-state index in [0.29, 0.717) is 0 Å². The van der Waals surface area contributed by atoms with E-state index in [1.165, 1.54) is 7.11 Å². The van der Waals surface area contributed by atoms with Crippen molar-refractivity contribution in [1.82, 2.24) is 5.32 Å². The number of ether oxygens (including phenoxy) is 1. The van der Waals surface area contributed by atoms with Crippen molar-refractivity contribution in [3.05, 3.63) is 47.7 Å². The molecule has 0 fully saturated rings. The van der Waals surface area contributed by atoms with Gasteiger partial charge in [0.1, 0.15) is 0 Å². The summed E-state index contributed by atoms with van der Waals surface area (Å²) in [4.78, 5) is 11.2. The number of carbonyl (C=O) groups excluding carboxylic acids is 1. The first-order valence-corrected chi connectivity index (χ1v) is 5.55. The van der Waals surface area contributed by atoms with E-state index in [9.17, 15) is 4.79 Å². The number of esters is 1. The molecule has 0 spiro atoms. The molecule has 0 aromatic carbocycles. The van der Waals surface area contributed by atoms with Crippen molar-refractivity contribution < 1.29 is 9.53 Å². The van der Waals surface area contributed by atoms with Crippen molar-refractivity contribution in [2.45, 2.75) is 18.5 Å². The summed E-state index contributed by atoms with van der Waals surface area (Å²) in [6.45, 7) is 0. The molecule has 4 heteroatoms. The van der Waals surface area contributed by atoms with E-state index in [-0.39, 0.29) is 24.5 Å². The van der Waals surface area contributed by atoms with Crippen LogP contribution in [-0.2, 0) is 9.53 Å². The van der Waals surface area contributed by atoms with Crippen molar-refractivity contribution in [1.29, 1.82) is 0 Å². The number of fused-ring (bicyclic) bond motifs is 1.